The summed E-state index contributed by atoms with van der Waals surface area (Å²) < 4.78 is 5.26. The van der Waals surface area contributed by atoms with Crippen LogP contribution in [-0.4, -0.2) is 17.6 Å². The third-order valence-electron chi connectivity index (χ3n) is 3.28. The summed E-state index contributed by atoms with van der Waals surface area (Å²) in [6, 6.07) is 7.59. The minimum atomic E-state index is -0.526. The molecule has 0 unspecified atom stereocenters. The smallest absolute Gasteiger partial charge is 0.344 e. The molecule has 0 bridgehead atoms. The molecule has 1 aromatic rings. The van der Waals surface area contributed by atoms with Gasteiger partial charge in [0.25, 0.3) is 5.88 Å². The molecule has 1 N–H and O–H groups in total. The van der Waals surface area contributed by atoms with Crippen LogP contribution in [0, 0.1) is 17.0 Å². The molecule has 0 aromatic heterocycles. The minimum absolute atomic E-state index is 0.0414. The standard InChI is InChI=1S/C15H16Cl2N2O3S/c1-3-10-8-22-15(18-10)12(19(20)21)13(14(16)17)23-11-6-4-9(2)5-7-11/h4-7,10,18H,3,8H2,1-2H3/b15-12+/t10-/m0/s1. The highest BCUT2D eigenvalue weighted by Gasteiger charge is 2.33. The molecule has 0 aliphatic carbocycles. The lowest BCUT2D eigenvalue weighted by Crippen LogP contribution is -2.23. The van der Waals surface area contributed by atoms with Crippen LogP contribution in [0.2, 0.25) is 0 Å². The first-order chi connectivity index (χ1) is 10.9. The quantitative estimate of drug-likeness (QED) is 0.464. The zero-order chi connectivity index (χ0) is 17.0. The van der Waals surface area contributed by atoms with Crippen molar-refractivity contribution in [2.24, 2.45) is 0 Å². The molecule has 8 heteroatoms. The summed E-state index contributed by atoms with van der Waals surface area (Å²) in [5.74, 6) is 0.107. The van der Waals surface area contributed by atoms with E-state index in [0.717, 1.165) is 28.6 Å². The first-order valence-corrected chi connectivity index (χ1v) is 8.57. The number of halogens is 2. The van der Waals surface area contributed by atoms with E-state index in [1.54, 1.807) is 0 Å². The van der Waals surface area contributed by atoms with Gasteiger partial charge < -0.3 is 10.1 Å². The Balaban J connectivity index is 2.38. The molecule has 23 heavy (non-hydrogen) atoms. The summed E-state index contributed by atoms with van der Waals surface area (Å²) in [7, 11) is 0. The van der Waals surface area contributed by atoms with Gasteiger partial charge in [0.1, 0.15) is 16.0 Å². The maximum Gasteiger partial charge on any atom is 0.344 e. The fourth-order valence-electron chi connectivity index (χ4n) is 1.98. The summed E-state index contributed by atoms with van der Waals surface area (Å²) in [5, 5.41) is 14.5. The van der Waals surface area contributed by atoms with Crippen molar-refractivity contribution < 1.29 is 9.66 Å². The van der Waals surface area contributed by atoms with Crippen LogP contribution in [0.5, 0.6) is 0 Å². The van der Waals surface area contributed by atoms with Crippen LogP contribution in [-0.2, 0) is 4.74 Å². The third kappa shape index (κ3) is 4.56. The second-order valence-corrected chi connectivity index (χ2v) is 7.03. The number of nitrogens with zero attached hydrogens (tertiary/aromatic N) is 1. The number of rotatable bonds is 5. The number of hydrogen-bond donors (Lipinski definition) is 1. The fourth-order valence-corrected chi connectivity index (χ4v) is 3.24. The molecule has 0 spiro atoms. The van der Waals surface area contributed by atoms with Gasteiger partial charge in [-0.2, -0.15) is 0 Å². The van der Waals surface area contributed by atoms with Gasteiger partial charge in [0.15, 0.2) is 0 Å². The lowest BCUT2D eigenvalue weighted by atomic mass is 10.2. The van der Waals surface area contributed by atoms with Crippen LogP contribution >= 0.6 is 35.0 Å². The Morgan fingerprint density at radius 3 is 2.57 bits per heavy atom. The summed E-state index contributed by atoms with van der Waals surface area (Å²) in [6.45, 7) is 4.32. The van der Waals surface area contributed by atoms with Crippen LogP contribution in [0.3, 0.4) is 0 Å². The Morgan fingerprint density at radius 1 is 1.43 bits per heavy atom. The second kappa shape index (κ2) is 7.95. The van der Waals surface area contributed by atoms with Crippen LogP contribution in [0.4, 0.5) is 0 Å². The van der Waals surface area contributed by atoms with Crippen LogP contribution in [0.15, 0.2) is 50.1 Å². The largest absolute Gasteiger partial charge is 0.472 e. The van der Waals surface area contributed by atoms with Gasteiger partial charge in [0, 0.05) is 4.90 Å². The van der Waals surface area contributed by atoms with E-state index in [1.807, 2.05) is 38.1 Å². The van der Waals surface area contributed by atoms with Crippen molar-refractivity contribution in [1.29, 1.82) is 0 Å². The summed E-state index contributed by atoms with van der Waals surface area (Å²) in [4.78, 5) is 12.0. The lowest BCUT2D eigenvalue weighted by molar-refractivity contribution is -0.422. The van der Waals surface area contributed by atoms with Crippen molar-refractivity contribution in [1.82, 2.24) is 5.32 Å². The van der Waals surface area contributed by atoms with E-state index in [0.29, 0.717) is 6.61 Å². The van der Waals surface area contributed by atoms with E-state index in [4.69, 9.17) is 27.9 Å². The molecule has 1 atom stereocenters. The predicted molar refractivity (Wildman–Crippen MR) is 93.0 cm³/mol. The number of nitro groups is 1. The van der Waals surface area contributed by atoms with Crippen molar-refractivity contribution in [2.45, 2.75) is 31.2 Å². The fraction of sp³-hybridized carbons (Fsp3) is 0.333. The molecule has 0 saturated carbocycles. The molecule has 1 saturated heterocycles. The van der Waals surface area contributed by atoms with Gasteiger partial charge in [-0.1, -0.05) is 59.6 Å². The molecule has 1 aliphatic heterocycles. The molecule has 124 valence electrons. The van der Waals surface area contributed by atoms with Crippen LogP contribution < -0.4 is 5.32 Å². The highest BCUT2D eigenvalue weighted by molar-refractivity contribution is 8.03. The zero-order valence-corrected chi connectivity index (χ0v) is 15.0. The summed E-state index contributed by atoms with van der Waals surface area (Å²) in [6.07, 6.45) is 0.799. The molecule has 5 nitrogen and oxygen atoms in total. The van der Waals surface area contributed by atoms with Crippen LogP contribution in [0.1, 0.15) is 18.9 Å². The SMILES string of the molecule is CC[C@H]1CO/C(=C(\C(Sc2ccc(C)cc2)=C(Cl)Cl)[N+](=O)[O-])N1. The molecule has 0 amide bonds. The Hall–Kier alpha value is -1.37. The van der Waals surface area contributed by atoms with Gasteiger partial charge >= 0.3 is 5.70 Å². The monoisotopic (exact) mass is 374 g/mol. The number of ether oxygens (including phenoxy) is 1. The van der Waals surface area contributed by atoms with Crippen molar-refractivity contribution in [3.05, 3.63) is 60.9 Å². The topological polar surface area (TPSA) is 64.4 Å². The maximum absolute atomic E-state index is 11.5. The van der Waals surface area contributed by atoms with E-state index in [9.17, 15) is 10.1 Å². The first-order valence-electron chi connectivity index (χ1n) is 7.00. The molecule has 0 radical (unpaired) electrons. The predicted octanol–water partition coefficient (Wildman–Crippen LogP) is 4.58. The lowest BCUT2D eigenvalue weighted by Gasteiger charge is -2.08. The Morgan fingerprint density at radius 2 is 2.09 bits per heavy atom. The zero-order valence-electron chi connectivity index (χ0n) is 12.6. The van der Waals surface area contributed by atoms with E-state index in [1.165, 1.54) is 0 Å². The van der Waals surface area contributed by atoms with Gasteiger partial charge in [-0.15, -0.1) is 0 Å². The Bertz CT molecular complexity index is 655. The Kier molecular flexibility index (Phi) is 6.21. The van der Waals surface area contributed by atoms with Gasteiger partial charge in [0.05, 0.1) is 11.0 Å². The van der Waals surface area contributed by atoms with Gasteiger partial charge in [0.2, 0.25) is 0 Å². The van der Waals surface area contributed by atoms with Gasteiger partial charge in [-0.3, -0.25) is 10.1 Å². The van der Waals surface area contributed by atoms with E-state index in [2.05, 4.69) is 5.32 Å². The number of hydrogen-bond acceptors (Lipinski definition) is 5. The Labute approximate surface area is 148 Å². The highest BCUT2D eigenvalue weighted by atomic mass is 35.5. The van der Waals surface area contributed by atoms with Crippen molar-refractivity contribution in [2.75, 3.05) is 6.61 Å². The summed E-state index contributed by atoms with van der Waals surface area (Å²) >= 11 is 13.0. The molecule has 1 heterocycles. The van der Waals surface area contributed by atoms with E-state index in [-0.39, 0.29) is 27.0 Å². The first kappa shape index (κ1) is 18.0. The third-order valence-corrected chi connectivity index (χ3v) is 4.99. The average Bonchev–Trinajstić information content (AvgIpc) is 2.96. The molecule has 1 fully saturated rings. The normalized spacial score (nSPS) is 18.9. The van der Waals surface area contributed by atoms with Crippen molar-refractivity contribution >= 4 is 35.0 Å². The number of benzene rings is 1. The second-order valence-electron chi connectivity index (χ2n) is 5.00. The summed E-state index contributed by atoms with van der Waals surface area (Å²) in [5.41, 5.74) is 0.850. The average molecular weight is 375 g/mol. The molecule has 1 aromatic carbocycles. The molecular formula is C15H16Cl2N2O3S. The van der Waals surface area contributed by atoms with Crippen molar-refractivity contribution in [3.8, 4) is 0 Å². The number of nitrogens with one attached hydrogen (secondary N) is 1. The maximum atomic E-state index is 11.5. The van der Waals surface area contributed by atoms with E-state index < -0.39 is 4.92 Å². The van der Waals surface area contributed by atoms with E-state index >= 15 is 0 Å². The number of aryl methyl sites for hydroxylation is 1. The van der Waals surface area contributed by atoms with Gasteiger partial charge in [-0.05, 0) is 25.5 Å². The molecule has 1 aliphatic rings. The highest BCUT2D eigenvalue weighted by Crippen LogP contribution is 2.39. The molecule has 2 rings (SSSR count). The van der Waals surface area contributed by atoms with Gasteiger partial charge in [-0.25, -0.2) is 0 Å². The van der Waals surface area contributed by atoms with Crippen molar-refractivity contribution in [3.63, 3.8) is 0 Å². The van der Waals surface area contributed by atoms with Crippen LogP contribution in [0.25, 0.3) is 0 Å². The molecular weight excluding hydrogens is 359 g/mol. The number of thioether (sulfide) groups is 1. The minimum Gasteiger partial charge on any atom is -0.472 e.